The van der Waals surface area contributed by atoms with Crippen molar-refractivity contribution in [3.05, 3.63) is 33.8 Å². The first-order valence-corrected chi connectivity index (χ1v) is 6.32. The Labute approximate surface area is 106 Å². The maximum atomic E-state index is 8.66. The summed E-state index contributed by atoms with van der Waals surface area (Å²) in [5.74, 6) is 0. The second kappa shape index (κ2) is 6.67. The molecule has 2 nitrogen and oxygen atoms in total. The van der Waals surface area contributed by atoms with Crippen LogP contribution in [0.2, 0.25) is 0 Å². The lowest BCUT2D eigenvalue weighted by Gasteiger charge is -2.14. The van der Waals surface area contributed by atoms with E-state index in [1.165, 1.54) is 11.1 Å². The third kappa shape index (κ3) is 3.96. The lowest BCUT2D eigenvalue weighted by Crippen LogP contribution is -2.27. The van der Waals surface area contributed by atoms with Crippen LogP contribution in [0, 0.1) is 18.3 Å². The van der Waals surface area contributed by atoms with Crippen LogP contribution in [0.4, 0.5) is 0 Å². The van der Waals surface area contributed by atoms with Crippen molar-refractivity contribution in [2.24, 2.45) is 0 Å². The Morgan fingerprint density at radius 1 is 1.50 bits per heavy atom. The Morgan fingerprint density at radius 3 is 2.81 bits per heavy atom. The van der Waals surface area contributed by atoms with Gasteiger partial charge in [-0.15, -0.1) is 0 Å². The molecule has 86 valence electrons. The molecule has 0 heterocycles. The molecule has 0 saturated heterocycles. The zero-order valence-electron chi connectivity index (χ0n) is 9.76. The van der Waals surface area contributed by atoms with Crippen molar-refractivity contribution in [2.45, 2.75) is 39.3 Å². The minimum Gasteiger partial charge on any atom is -0.309 e. The maximum Gasteiger partial charge on any atom is 0.0638 e. The van der Waals surface area contributed by atoms with Crippen molar-refractivity contribution in [1.82, 2.24) is 5.32 Å². The van der Waals surface area contributed by atoms with Crippen LogP contribution < -0.4 is 5.32 Å². The molecule has 0 amide bonds. The van der Waals surface area contributed by atoms with E-state index in [0.717, 1.165) is 17.4 Å². The summed E-state index contributed by atoms with van der Waals surface area (Å²) in [5.41, 5.74) is 2.56. The van der Waals surface area contributed by atoms with E-state index >= 15 is 0 Å². The molecule has 0 aromatic heterocycles. The third-order valence-electron chi connectivity index (χ3n) is 2.72. The zero-order chi connectivity index (χ0) is 12.0. The minimum absolute atomic E-state index is 0.299. The predicted octanol–water partition coefficient (Wildman–Crippen LogP) is 3.54. The van der Waals surface area contributed by atoms with E-state index < -0.39 is 0 Å². The first-order valence-electron chi connectivity index (χ1n) is 5.52. The van der Waals surface area contributed by atoms with E-state index in [0.29, 0.717) is 12.5 Å². The van der Waals surface area contributed by atoms with Gasteiger partial charge in [-0.1, -0.05) is 28.9 Å². The SMILES string of the molecule is CCC(CC#N)NCc1ccc(Br)cc1C. The summed E-state index contributed by atoms with van der Waals surface area (Å²) in [6.45, 7) is 5.04. The molecule has 1 atom stereocenters. The van der Waals surface area contributed by atoms with Crippen LogP contribution >= 0.6 is 15.9 Å². The number of rotatable bonds is 5. The largest absolute Gasteiger partial charge is 0.309 e. The molecule has 1 aromatic rings. The molecule has 16 heavy (non-hydrogen) atoms. The normalized spacial score (nSPS) is 12.1. The van der Waals surface area contributed by atoms with Gasteiger partial charge in [0.15, 0.2) is 0 Å². The van der Waals surface area contributed by atoms with Gasteiger partial charge in [-0.2, -0.15) is 5.26 Å². The maximum absolute atomic E-state index is 8.66. The summed E-state index contributed by atoms with van der Waals surface area (Å²) in [6, 6.07) is 8.79. The van der Waals surface area contributed by atoms with Crippen LogP contribution in [0.15, 0.2) is 22.7 Å². The van der Waals surface area contributed by atoms with Gasteiger partial charge in [-0.25, -0.2) is 0 Å². The van der Waals surface area contributed by atoms with Crippen molar-refractivity contribution in [3.63, 3.8) is 0 Å². The summed E-state index contributed by atoms with van der Waals surface area (Å²) in [5, 5.41) is 12.1. The molecular formula is C13H17BrN2. The number of halogens is 1. The molecule has 1 rings (SSSR count). The van der Waals surface area contributed by atoms with Gasteiger partial charge in [0.25, 0.3) is 0 Å². The van der Waals surface area contributed by atoms with E-state index in [4.69, 9.17) is 5.26 Å². The molecule has 0 spiro atoms. The van der Waals surface area contributed by atoms with Crippen LogP contribution in [0.25, 0.3) is 0 Å². The van der Waals surface area contributed by atoms with Gasteiger partial charge in [-0.3, -0.25) is 0 Å². The number of hydrogen-bond donors (Lipinski definition) is 1. The molecule has 1 aromatic carbocycles. The molecule has 0 saturated carbocycles. The lowest BCUT2D eigenvalue weighted by molar-refractivity contribution is 0.504. The van der Waals surface area contributed by atoms with Gasteiger partial charge in [-0.05, 0) is 36.6 Å². The monoisotopic (exact) mass is 280 g/mol. The molecule has 0 aliphatic heterocycles. The molecule has 0 bridgehead atoms. The van der Waals surface area contributed by atoms with Gasteiger partial charge in [0.1, 0.15) is 0 Å². The third-order valence-corrected chi connectivity index (χ3v) is 3.21. The first-order chi connectivity index (χ1) is 7.67. The van der Waals surface area contributed by atoms with Gasteiger partial charge >= 0.3 is 0 Å². The first kappa shape index (κ1) is 13.2. The standard InChI is InChI=1S/C13H17BrN2/c1-3-13(6-7-15)16-9-11-4-5-12(14)8-10(11)2/h4-5,8,13,16H,3,6,9H2,1-2H3. The number of nitriles is 1. The summed E-state index contributed by atoms with van der Waals surface area (Å²) in [4.78, 5) is 0. The van der Waals surface area contributed by atoms with Crippen LogP contribution in [0.1, 0.15) is 30.9 Å². The van der Waals surface area contributed by atoms with Crippen LogP contribution in [-0.4, -0.2) is 6.04 Å². The fourth-order valence-corrected chi connectivity index (χ4v) is 2.06. The highest BCUT2D eigenvalue weighted by Crippen LogP contribution is 2.16. The Hall–Kier alpha value is -0.850. The highest BCUT2D eigenvalue weighted by atomic mass is 79.9. The second-order valence-corrected chi connectivity index (χ2v) is 4.83. The average molecular weight is 281 g/mol. The molecule has 0 radical (unpaired) electrons. The minimum atomic E-state index is 0.299. The zero-order valence-corrected chi connectivity index (χ0v) is 11.3. The molecule has 3 heteroatoms. The van der Waals surface area contributed by atoms with Gasteiger partial charge in [0, 0.05) is 17.1 Å². The van der Waals surface area contributed by atoms with Gasteiger partial charge < -0.3 is 5.32 Å². The van der Waals surface area contributed by atoms with Crippen molar-refractivity contribution in [2.75, 3.05) is 0 Å². The van der Waals surface area contributed by atoms with E-state index in [-0.39, 0.29) is 0 Å². The fraction of sp³-hybridized carbons (Fsp3) is 0.462. The van der Waals surface area contributed by atoms with Crippen molar-refractivity contribution in [3.8, 4) is 6.07 Å². The summed E-state index contributed by atoms with van der Waals surface area (Å²) < 4.78 is 1.11. The van der Waals surface area contributed by atoms with E-state index in [2.05, 4.69) is 59.4 Å². The number of hydrogen-bond acceptors (Lipinski definition) is 2. The molecule has 1 N–H and O–H groups in total. The van der Waals surface area contributed by atoms with E-state index in [1.54, 1.807) is 0 Å². The highest BCUT2D eigenvalue weighted by Gasteiger charge is 2.05. The Bertz CT molecular complexity index is 382. The number of aryl methyl sites for hydroxylation is 1. The van der Waals surface area contributed by atoms with Crippen LogP contribution in [-0.2, 0) is 6.54 Å². The Morgan fingerprint density at radius 2 is 2.25 bits per heavy atom. The number of benzene rings is 1. The topological polar surface area (TPSA) is 35.8 Å². The Balaban J connectivity index is 2.57. The quantitative estimate of drug-likeness (QED) is 0.896. The molecule has 0 fully saturated rings. The van der Waals surface area contributed by atoms with Crippen molar-refractivity contribution >= 4 is 15.9 Å². The van der Waals surface area contributed by atoms with E-state index in [9.17, 15) is 0 Å². The molecule has 0 aliphatic carbocycles. The van der Waals surface area contributed by atoms with Crippen molar-refractivity contribution < 1.29 is 0 Å². The van der Waals surface area contributed by atoms with Crippen LogP contribution in [0.5, 0.6) is 0 Å². The lowest BCUT2D eigenvalue weighted by atomic mass is 10.1. The number of nitrogens with zero attached hydrogens (tertiary/aromatic N) is 1. The molecule has 1 unspecified atom stereocenters. The second-order valence-electron chi connectivity index (χ2n) is 3.92. The van der Waals surface area contributed by atoms with Crippen LogP contribution in [0.3, 0.4) is 0 Å². The van der Waals surface area contributed by atoms with E-state index in [1.807, 2.05) is 0 Å². The van der Waals surface area contributed by atoms with Gasteiger partial charge in [0.05, 0.1) is 12.5 Å². The smallest absolute Gasteiger partial charge is 0.0638 e. The number of nitrogens with one attached hydrogen (secondary N) is 1. The summed E-state index contributed by atoms with van der Waals surface area (Å²) >= 11 is 3.45. The fourth-order valence-electron chi connectivity index (χ4n) is 1.58. The van der Waals surface area contributed by atoms with Gasteiger partial charge in [0.2, 0.25) is 0 Å². The predicted molar refractivity (Wildman–Crippen MR) is 70.0 cm³/mol. The Kier molecular flexibility index (Phi) is 5.51. The summed E-state index contributed by atoms with van der Waals surface area (Å²) in [7, 11) is 0. The average Bonchev–Trinajstić information content (AvgIpc) is 2.26. The molecular weight excluding hydrogens is 264 g/mol. The highest BCUT2D eigenvalue weighted by molar-refractivity contribution is 9.10. The van der Waals surface area contributed by atoms with Crippen molar-refractivity contribution in [1.29, 1.82) is 5.26 Å². The molecule has 0 aliphatic rings. The summed E-state index contributed by atoms with van der Waals surface area (Å²) in [6.07, 6.45) is 1.56.